The van der Waals surface area contributed by atoms with Gasteiger partial charge in [-0.05, 0) is 83.9 Å². The predicted molar refractivity (Wildman–Crippen MR) is 124 cm³/mol. The van der Waals surface area contributed by atoms with Crippen molar-refractivity contribution in [3.63, 3.8) is 0 Å². The van der Waals surface area contributed by atoms with E-state index in [2.05, 4.69) is 6.92 Å². The summed E-state index contributed by atoms with van der Waals surface area (Å²) in [4.78, 5) is 0. The van der Waals surface area contributed by atoms with E-state index < -0.39 is 0 Å². The zero-order valence-electron chi connectivity index (χ0n) is 18.0. The van der Waals surface area contributed by atoms with Crippen molar-refractivity contribution in [2.75, 3.05) is 0 Å². The molecule has 0 saturated heterocycles. The van der Waals surface area contributed by atoms with E-state index in [1.807, 2.05) is 11.0 Å². The summed E-state index contributed by atoms with van der Waals surface area (Å²) in [5.41, 5.74) is 0. The van der Waals surface area contributed by atoms with Gasteiger partial charge in [0.1, 0.15) is 0 Å². The zero-order chi connectivity index (χ0) is 19.0. The molecule has 3 rings (SSSR count). The summed E-state index contributed by atoms with van der Waals surface area (Å²) < 4.78 is 0.412. The van der Waals surface area contributed by atoms with Crippen LogP contribution in [-0.4, -0.2) is 4.75 Å². The van der Waals surface area contributed by atoms with Crippen molar-refractivity contribution in [1.29, 1.82) is 0 Å². The molecule has 0 aromatic rings. The monoisotopic (exact) mass is 412 g/mol. The lowest BCUT2D eigenvalue weighted by Gasteiger charge is -2.53. The fourth-order valence-electron chi connectivity index (χ4n) is 7.06. The summed E-state index contributed by atoms with van der Waals surface area (Å²) in [7, 11) is 8.73. The first kappa shape index (κ1) is 22.3. The SMILES string of the molecule is CCCCCCC1CCC(C(SCl)(C2CCCCC2)C2CCCCC2)CC1. The second-order valence-corrected chi connectivity index (χ2v) is 11.5. The molecule has 0 aliphatic heterocycles. The van der Waals surface area contributed by atoms with Crippen LogP contribution in [0.1, 0.15) is 129 Å². The number of rotatable bonds is 9. The maximum absolute atomic E-state index is 6.90. The Labute approximate surface area is 178 Å². The quantitative estimate of drug-likeness (QED) is 0.339. The van der Waals surface area contributed by atoms with Gasteiger partial charge in [0.2, 0.25) is 0 Å². The summed E-state index contributed by atoms with van der Waals surface area (Å²) in [5, 5.41) is 0. The Morgan fingerprint density at radius 2 is 1.19 bits per heavy atom. The first-order valence-corrected chi connectivity index (χ1v) is 14.2. The van der Waals surface area contributed by atoms with E-state index in [1.54, 1.807) is 0 Å². The molecule has 27 heavy (non-hydrogen) atoms. The van der Waals surface area contributed by atoms with Crippen LogP contribution in [0, 0.1) is 23.7 Å². The molecule has 0 bridgehead atoms. The molecule has 0 unspecified atom stereocenters. The van der Waals surface area contributed by atoms with Gasteiger partial charge in [-0.1, -0.05) is 90.4 Å². The third kappa shape index (κ3) is 5.62. The molecule has 3 aliphatic carbocycles. The number of unbranched alkanes of at least 4 members (excludes halogenated alkanes) is 3. The largest absolute Gasteiger partial charge is 0.0654 e. The molecule has 3 fully saturated rings. The molecule has 0 atom stereocenters. The van der Waals surface area contributed by atoms with Gasteiger partial charge in [-0.2, -0.15) is 0 Å². The number of hydrogen-bond acceptors (Lipinski definition) is 1. The summed E-state index contributed by atoms with van der Waals surface area (Å²) >= 11 is 0. The van der Waals surface area contributed by atoms with Crippen molar-refractivity contribution in [3.05, 3.63) is 0 Å². The fourth-order valence-corrected chi connectivity index (χ4v) is 9.28. The highest BCUT2D eigenvalue weighted by Crippen LogP contribution is 2.59. The highest BCUT2D eigenvalue weighted by atomic mass is 35.7. The predicted octanol–water partition coefficient (Wildman–Crippen LogP) is 9.55. The van der Waals surface area contributed by atoms with Gasteiger partial charge in [0.05, 0.1) is 0 Å². The van der Waals surface area contributed by atoms with Crippen LogP contribution in [0.3, 0.4) is 0 Å². The molecule has 0 amide bonds. The number of hydrogen-bond donors (Lipinski definition) is 0. The van der Waals surface area contributed by atoms with Gasteiger partial charge in [0.25, 0.3) is 0 Å². The Bertz CT molecular complexity index is 371. The van der Waals surface area contributed by atoms with Crippen molar-refractivity contribution in [1.82, 2.24) is 0 Å². The minimum absolute atomic E-state index is 0.412. The van der Waals surface area contributed by atoms with Crippen molar-refractivity contribution in [2.45, 2.75) is 134 Å². The second kappa shape index (κ2) is 11.7. The van der Waals surface area contributed by atoms with E-state index in [4.69, 9.17) is 10.7 Å². The van der Waals surface area contributed by atoms with Crippen LogP contribution in [0.5, 0.6) is 0 Å². The molecule has 0 N–H and O–H groups in total. The summed E-state index contributed by atoms with van der Waals surface area (Å²) in [6.45, 7) is 2.32. The summed E-state index contributed by atoms with van der Waals surface area (Å²) in [6.07, 6.45) is 27.8. The molecule has 0 spiro atoms. The molecule has 2 heteroatoms. The lowest BCUT2D eigenvalue weighted by Crippen LogP contribution is -2.50. The smallest absolute Gasteiger partial charge is 0.0395 e. The maximum atomic E-state index is 6.90. The molecule has 3 saturated carbocycles. The van der Waals surface area contributed by atoms with Crippen molar-refractivity contribution >= 4 is 21.7 Å². The van der Waals surface area contributed by atoms with Crippen LogP contribution >= 0.6 is 21.7 Å². The van der Waals surface area contributed by atoms with Crippen molar-refractivity contribution in [2.24, 2.45) is 23.7 Å². The zero-order valence-corrected chi connectivity index (χ0v) is 19.6. The highest BCUT2D eigenvalue weighted by molar-refractivity contribution is 8.22. The molecule has 0 aromatic carbocycles. The fraction of sp³-hybridized carbons (Fsp3) is 1.00. The molecular weight excluding hydrogens is 368 g/mol. The minimum Gasteiger partial charge on any atom is -0.0654 e. The third-order valence-corrected chi connectivity index (χ3v) is 10.6. The summed E-state index contributed by atoms with van der Waals surface area (Å²) in [5.74, 6) is 3.73. The van der Waals surface area contributed by atoms with Gasteiger partial charge < -0.3 is 0 Å². The maximum Gasteiger partial charge on any atom is 0.0395 e. The Balaban J connectivity index is 1.64. The molecular formula is C25H45ClS. The van der Waals surface area contributed by atoms with Crippen LogP contribution in [0.2, 0.25) is 0 Å². The van der Waals surface area contributed by atoms with Crippen molar-refractivity contribution in [3.8, 4) is 0 Å². The van der Waals surface area contributed by atoms with E-state index in [1.165, 1.54) is 122 Å². The highest BCUT2D eigenvalue weighted by Gasteiger charge is 2.51. The Morgan fingerprint density at radius 1 is 0.667 bits per heavy atom. The Morgan fingerprint density at radius 3 is 1.67 bits per heavy atom. The van der Waals surface area contributed by atoms with Crippen LogP contribution in [0.15, 0.2) is 0 Å². The first-order chi connectivity index (χ1) is 13.3. The Kier molecular flexibility index (Phi) is 9.70. The van der Waals surface area contributed by atoms with Gasteiger partial charge >= 0.3 is 0 Å². The number of halogens is 1. The second-order valence-electron chi connectivity index (χ2n) is 10.2. The normalized spacial score (nSPS) is 29.1. The molecule has 0 aromatic heterocycles. The summed E-state index contributed by atoms with van der Waals surface area (Å²) in [6, 6.07) is 0. The van der Waals surface area contributed by atoms with Crippen LogP contribution in [0.4, 0.5) is 0 Å². The van der Waals surface area contributed by atoms with E-state index in [0.717, 1.165) is 23.7 Å². The minimum atomic E-state index is 0.412. The van der Waals surface area contributed by atoms with Crippen LogP contribution in [0.25, 0.3) is 0 Å². The molecule has 158 valence electrons. The van der Waals surface area contributed by atoms with Crippen LogP contribution < -0.4 is 0 Å². The average Bonchev–Trinajstić information content (AvgIpc) is 2.75. The molecule has 3 aliphatic rings. The lowest BCUT2D eigenvalue weighted by molar-refractivity contribution is 0.0881. The van der Waals surface area contributed by atoms with Gasteiger partial charge in [0.15, 0.2) is 0 Å². The van der Waals surface area contributed by atoms with Gasteiger partial charge in [-0.25, -0.2) is 0 Å². The van der Waals surface area contributed by atoms with E-state index in [-0.39, 0.29) is 0 Å². The van der Waals surface area contributed by atoms with Gasteiger partial charge in [0, 0.05) is 4.75 Å². The van der Waals surface area contributed by atoms with Gasteiger partial charge in [-0.3, -0.25) is 0 Å². The molecule has 0 radical (unpaired) electrons. The topological polar surface area (TPSA) is 0 Å². The van der Waals surface area contributed by atoms with E-state index >= 15 is 0 Å². The van der Waals surface area contributed by atoms with E-state index in [9.17, 15) is 0 Å². The molecule has 0 nitrogen and oxygen atoms in total. The van der Waals surface area contributed by atoms with E-state index in [0.29, 0.717) is 4.75 Å². The first-order valence-electron chi connectivity index (χ1n) is 12.6. The van der Waals surface area contributed by atoms with Crippen LogP contribution in [-0.2, 0) is 0 Å². The van der Waals surface area contributed by atoms with Gasteiger partial charge in [-0.15, -0.1) is 0 Å². The third-order valence-electron chi connectivity index (χ3n) is 8.57. The average molecular weight is 413 g/mol. The van der Waals surface area contributed by atoms with Crippen molar-refractivity contribution < 1.29 is 0 Å². The Hall–Kier alpha value is 0.640. The molecule has 0 heterocycles. The standard InChI is InChI=1S/C25H45ClS/c1-2-3-4-7-12-21-17-19-24(20-18-21)25(27-26,22-13-8-5-9-14-22)23-15-10-6-11-16-23/h21-24H,2-20H2,1H3. The lowest BCUT2D eigenvalue weighted by atomic mass is 9.60.